The second-order valence-corrected chi connectivity index (χ2v) is 12.3. The van der Waals surface area contributed by atoms with E-state index in [1.807, 2.05) is 29.2 Å². The molecule has 2 aromatic heterocycles. The SMILES string of the molecule is C=C(C)C(F)(CN(C)Cc1ccc(COc2ccc(C#Cc3ccc(C(F)(F)C(O)(Cn4cnnn4)c4ccc(F)cc4F)nc3)cc2)cc1)OC. The number of nitrogens with zero attached hydrogens (tertiary/aromatic N) is 6. The van der Waals surface area contributed by atoms with Crippen LogP contribution in [0.15, 0.2) is 104 Å². The molecule has 1 N–H and O–H groups in total. The molecule has 14 heteroatoms. The van der Waals surface area contributed by atoms with Crippen LogP contribution in [0.2, 0.25) is 0 Å². The largest absolute Gasteiger partial charge is 0.489 e. The molecule has 0 amide bonds. The zero-order valence-corrected chi connectivity index (χ0v) is 28.5. The van der Waals surface area contributed by atoms with Gasteiger partial charge in [0.1, 0.15) is 36.0 Å². The van der Waals surface area contributed by atoms with E-state index in [-0.39, 0.29) is 6.54 Å². The number of aromatic nitrogens is 5. The number of hydrogen-bond donors (Lipinski definition) is 1. The quantitative estimate of drug-likeness (QED) is 0.0810. The number of likely N-dealkylation sites (N-methyl/N-ethyl adjacent to an activating group) is 1. The van der Waals surface area contributed by atoms with Gasteiger partial charge in [0, 0.05) is 42.6 Å². The summed E-state index contributed by atoms with van der Waals surface area (Å²) in [7, 11) is 3.13. The molecule has 2 heterocycles. The first-order chi connectivity index (χ1) is 24.7. The smallest absolute Gasteiger partial charge is 0.323 e. The molecule has 3 aromatic carbocycles. The molecule has 270 valence electrons. The molecule has 0 bridgehead atoms. The van der Waals surface area contributed by atoms with Gasteiger partial charge in [-0.3, -0.25) is 9.88 Å². The first-order valence-electron chi connectivity index (χ1n) is 15.9. The Morgan fingerprint density at radius 3 is 2.21 bits per heavy atom. The van der Waals surface area contributed by atoms with Gasteiger partial charge in [-0.1, -0.05) is 42.7 Å². The maximum atomic E-state index is 16.0. The highest BCUT2D eigenvalue weighted by atomic mass is 19.3. The van der Waals surface area contributed by atoms with E-state index < -0.39 is 46.8 Å². The monoisotopic (exact) mass is 718 g/mol. The van der Waals surface area contributed by atoms with Crippen LogP contribution in [0, 0.1) is 23.5 Å². The average molecular weight is 719 g/mol. The summed E-state index contributed by atoms with van der Waals surface area (Å²) in [4.78, 5) is 5.65. The molecule has 0 aliphatic carbocycles. The zero-order chi connectivity index (χ0) is 37.5. The van der Waals surface area contributed by atoms with Crippen LogP contribution in [0.4, 0.5) is 22.0 Å². The van der Waals surface area contributed by atoms with E-state index in [9.17, 15) is 18.3 Å². The lowest BCUT2D eigenvalue weighted by molar-refractivity contribution is -0.207. The summed E-state index contributed by atoms with van der Waals surface area (Å²) >= 11 is 0. The minimum atomic E-state index is -4.18. The second-order valence-electron chi connectivity index (χ2n) is 12.3. The number of aliphatic hydroxyl groups is 1. The average Bonchev–Trinajstić information content (AvgIpc) is 3.63. The molecule has 0 fully saturated rings. The van der Waals surface area contributed by atoms with Crippen molar-refractivity contribution in [2.24, 2.45) is 0 Å². The van der Waals surface area contributed by atoms with Crippen LogP contribution in [-0.2, 0) is 36.0 Å². The number of halogens is 5. The Balaban J connectivity index is 1.20. The molecule has 0 radical (unpaired) electrons. The van der Waals surface area contributed by atoms with E-state index in [0.29, 0.717) is 41.7 Å². The van der Waals surface area contributed by atoms with Crippen molar-refractivity contribution >= 4 is 0 Å². The van der Waals surface area contributed by atoms with Gasteiger partial charge in [-0.15, -0.1) is 5.10 Å². The summed E-state index contributed by atoms with van der Waals surface area (Å²) in [5.41, 5.74) is -1.83. The van der Waals surface area contributed by atoms with Crippen LogP contribution in [0.1, 0.15) is 40.4 Å². The Morgan fingerprint density at radius 2 is 1.62 bits per heavy atom. The third-order valence-electron chi connectivity index (χ3n) is 8.28. The fraction of sp³-hybridized carbons (Fsp3) is 0.263. The van der Waals surface area contributed by atoms with Gasteiger partial charge in [-0.25, -0.2) is 17.9 Å². The molecule has 0 aliphatic heterocycles. The van der Waals surface area contributed by atoms with E-state index in [4.69, 9.17) is 9.47 Å². The summed E-state index contributed by atoms with van der Waals surface area (Å²) in [6, 6.07) is 18.9. The lowest BCUT2D eigenvalue weighted by Gasteiger charge is -2.35. The van der Waals surface area contributed by atoms with Crippen LogP contribution in [0.25, 0.3) is 0 Å². The number of alkyl halides is 3. The third-order valence-corrected chi connectivity index (χ3v) is 8.28. The van der Waals surface area contributed by atoms with E-state index in [1.165, 1.54) is 13.2 Å². The topological polar surface area (TPSA) is 98.4 Å². The van der Waals surface area contributed by atoms with Crippen molar-refractivity contribution in [3.63, 3.8) is 0 Å². The van der Waals surface area contributed by atoms with Crippen molar-refractivity contribution in [1.82, 2.24) is 30.1 Å². The number of rotatable bonds is 14. The van der Waals surface area contributed by atoms with E-state index >= 15 is 8.78 Å². The predicted octanol–water partition coefficient (Wildman–Crippen LogP) is 6.33. The molecule has 2 atom stereocenters. The van der Waals surface area contributed by atoms with Crippen molar-refractivity contribution in [2.75, 3.05) is 20.7 Å². The Morgan fingerprint density at radius 1 is 0.942 bits per heavy atom. The first kappa shape index (κ1) is 37.8. The minimum Gasteiger partial charge on any atom is -0.489 e. The van der Waals surface area contributed by atoms with Gasteiger partial charge in [0.15, 0.2) is 5.60 Å². The highest BCUT2D eigenvalue weighted by molar-refractivity contribution is 5.44. The highest BCUT2D eigenvalue weighted by Gasteiger charge is 2.58. The normalized spacial score (nSPS) is 13.9. The lowest BCUT2D eigenvalue weighted by atomic mass is 9.84. The minimum absolute atomic E-state index is 0.0470. The molecule has 52 heavy (non-hydrogen) atoms. The summed E-state index contributed by atoms with van der Waals surface area (Å²) in [6.07, 6.45) is 2.08. The fourth-order valence-corrected chi connectivity index (χ4v) is 5.31. The Labute approximate surface area is 297 Å². The molecule has 0 spiro atoms. The fourth-order valence-electron chi connectivity index (χ4n) is 5.31. The summed E-state index contributed by atoms with van der Waals surface area (Å²) in [5.74, 6) is -2.10. The van der Waals surface area contributed by atoms with Gasteiger partial charge >= 0.3 is 5.92 Å². The Kier molecular flexibility index (Phi) is 11.5. The van der Waals surface area contributed by atoms with E-state index in [1.54, 1.807) is 38.2 Å². The lowest BCUT2D eigenvalue weighted by Crippen LogP contribution is -2.48. The number of methoxy groups -OCH3 is 1. The Bertz CT molecular complexity index is 2040. The molecular weight excluding hydrogens is 683 g/mol. The van der Waals surface area contributed by atoms with Crippen LogP contribution >= 0.6 is 0 Å². The highest BCUT2D eigenvalue weighted by Crippen LogP contribution is 2.46. The Hall–Kier alpha value is -5.49. The van der Waals surface area contributed by atoms with Gasteiger partial charge in [-0.2, -0.15) is 8.78 Å². The van der Waals surface area contributed by atoms with Crippen molar-refractivity contribution in [1.29, 1.82) is 0 Å². The van der Waals surface area contributed by atoms with Crippen molar-refractivity contribution in [2.45, 2.75) is 44.0 Å². The van der Waals surface area contributed by atoms with Crippen LogP contribution in [0.5, 0.6) is 5.75 Å². The number of benzene rings is 3. The first-order valence-corrected chi connectivity index (χ1v) is 15.9. The number of tetrazole rings is 1. The van der Waals surface area contributed by atoms with Crippen LogP contribution < -0.4 is 4.74 Å². The van der Waals surface area contributed by atoms with Gasteiger partial charge in [0.05, 0.1) is 13.1 Å². The molecule has 0 saturated carbocycles. The van der Waals surface area contributed by atoms with E-state index in [2.05, 4.69) is 38.9 Å². The third kappa shape index (κ3) is 8.68. The summed E-state index contributed by atoms with van der Waals surface area (Å²) in [6.45, 7) is 5.19. The standard InChI is InChI=1S/C38H35F5N6O3/c1-26(2)37(41,51-4)24-48(3)21-29-7-9-30(10-8-29)22-52-32-15-11-27(12-16-32)5-6-28-13-18-35(44-20-28)38(42,43)36(50,23-49-25-45-46-47-49)33-17-14-31(39)19-34(33)40/h7-20,25,50H,1,21-24H2,2-4H3. The molecule has 5 rings (SSSR count). The molecule has 5 aromatic rings. The second kappa shape index (κ2) is 15.8. The van der Waals surface area contributed by atoms with E-state index in [0.717, 1.165) is 46.5 Å². The maximum Gasteiger partial charge on any atom is 0.323 e. The molecular formula is C38H35F5N6O3. The number of ether oxygens (including phenoxy) is 2. The van der Waals surface area contributed by atoms with Gasteiger partial charge in [-0.05, 0) is 89.6 Å². The zero-order valence-electron chi connectivity index (χ0n) is 28.5. The molecule has 0 aliphatic rings. The van der Waals surface area contributed by atoms with Crippen LogP contribution in [-0.4, -0.2) is 61.8 Å². The molecule has 0 saturated heterocycles. The van der Waals surface area contributed by atoms with Crippen molar-refractivity contribution < 1.29 is 36.5 Å². The number of pyridine rings is 1. The van der Waals surface area contributed by atoms with Crippen molar-refractivity contribution in [3.05, 3.63) is 149 Å². The van der Waals surface area contributed by atoms with Gasteiger partial charge in [0.25, 0.3) is 0 Å². The molecule has 2 unspecified atom stereocenters. The van der Waals surface area contributed by atoms with Crippen LogP contribution in [0.3, 0.4) is 0 Å². The maximum absolute atomic E-state index is 16.0. The number of hydrogen-bond acceptors (Lipinski definition) is 8. The molecule has 9 nitrogen and oxygen atoms in total. The van der Waals surface area contributed by atoms with Crippen molar-refractivity contribution in [3.8, 4) is 17.6 Å². The van der Waals surface area contributed by atoms with Gasteiger partial charge in [0.2, 0.25) is 5.85 Å². The van der Waals surface area contributed by atoms with Gasteiger partial charge < -0.3 is 14.6 Å². The summed E-state index contributed by atoms with van der Waals surface area (Å²) in [5, 5.41) is 21.6. The predicted molar refractivity (Wildman–Crippen MR) is 181 cm³/mol. The summed E-state index contributed by atoms with van der Waals surface area (Å²) < 4.78 is 86.8.